The van der Waals surface area contributed by atoms with Crippen molar-refractivity contribution < 1.29 is 14.7 Å². The highest BCUT2D eigenvalue weighted by molar-refractivity contribution is 5.88. The topological polar surface area (TPSA) is 66.4 Å². The normalized spacial score (nSPS) is 11.8. The summed E-state index contributed by atoms with van der Waals surface area (Å²) in [5, 5.41) is 10.6. The van der Waals surface area contributed by atoms with Crippen molar-refractivity contribution in [2.24, 2.45) is 0 Å². The van der Waals surface area contributed by atoms with E-state index in [1.165, 1.54) is 0 Å². The number of hydrogen-bond acceptors (Lipinski definition) is 2. The van der Waals surface area contributed by atoms with E-state index in [1.807, 2.05) is 30.3 Å². The number of benzene rings is 1. The van der Waals surface area contributed by atoms with Gasteiger partial charge in [0.1, 0.15) is 0 Å². The van der Waals surface area contributed by atoms with Crippen LogP contribution in [0, 0.1) is 0 Å². The Labute approximate surface area is 87.9 Å². The van der Waals surface area contributed by atoms with E-state index in [2.05, 4.69) is 5.32 Å². The number of carbonyl (C=O) groups excluding carboxylic acids is 1. The van der Waals surface area contributed by atoms with Gasteiger partial charge in [0.15, 0.2) is 5.78 Å². The molecule has 4 heteroatoms. The molecule has 0 aliphatic heterocycles. The zero-order valence-corrected chi connectivity index (χ0v) is 8.43. The molecule has 1 aromatic carbocycles. The number of nitrogens with one attached hydrogen (secondary N) is 1. The van der Waals surface area contributed by atoms with Crippen LogP contribution in [0.2, 0.25) is 0 Å². The molecule has 0 aliphatic rings. The van der Waals surface area contributed by atoms with Crippen LogP contribution in [-0.4, -0.2) is 23.0 Å². The van der Waals surface area contributed by atoms with Crippen LogP contribution < -0.4 is 5.32 Å². The second-order valence-corrected chi connectivity index (χ2v) is 3.30. The Kier molecular flexibility index (Phi) is 3.85. The summed E-state index contributed by atoms with van der Waals surface area (Å²) >= 11 is 0. The maximum Gasteiger partial charge on any atom is 0.405 e. The first-order valence-corrected chi connectivity index (χ1v) is 4.65. The summed E-state index contributed by atoms with van der Waals surface area (Å²) in [5.41, 5.74) is 0.890. The SMILES string of the molecule is C[C@H](NC(=O)O)C(=O)Cc1ccccc1. The molecule has 0 saturated heterocycles. The first kappa shape index (κ1) is 11.2. The van der Waals surface area contributed by atoms with Crippen LogP contribution in [0.15, 0.2) is 30.3 Å². The second-order valence-electron chi connectivity index (χ2n) is 3.30. The molecule has 15 heavy (non-hydrogen) atoms. The van der Waals surface area contributed by atoms with E-state index in [-0.39, 0.29) is 12.2 Å². The van der Waals surface area contributed by atoms with Crippen molar-refractivity contribution in [3.63, 3.8) is 0 Å². The average Bonchev–Trinajstić information content (AvgIpc) is 2.18. The van der Waals surface area contributed by atoms with Crippen LogP contribution in [-0.2, 0) is 11.2 Å². The largest absolute Gasteiger partial charge is 0.465 e. The molecule has 4 nitrogen and oxygen atoms in total. The van der Waals surface area contributed by atoms with Gasteiger partial charge in [-0.3, -0.25) is 4.79 Å². The molecule has 0 bridgehead atoms. The molecule has 0 heterocycles. The number of hydrogen-bond donors (Lipinski definition) is 2. The minimum atomic E-state index is -1.18. The summed E-state index contributed by atoms with van der Waals surface area (Å²) in [7, 11) is 0. The molecule has 0 aliphatic carbocycles. The molecule has 0 radical (unpaired) electrons. The van der Waals surface area contributed by atoms with E-state index in [1.54, 1.807) is 6.92 Å². The molecule has 2 N–H and O–H groups in total. The number of rotatable bonds is 4. The quantitative estimate of drug-likeness (QED) is 0.785. The lowest BCUT2D eigenvalue weighted by molar-refractivity contribution is -0.119. The number of amides is 1. The second kappa shape index (κ2) is 5.14. The standard InChI is InChI=1S/C11H13NO3/c1-8(12-11(14)15)10(13)7-9-5-3-2-4-6-9/h2-6,8,12H,7H2,1H3,(H,14,15)/t8-/m0/s1. The smallest absolute Gasteiger partial charge is 0.405 e. The van der Waals surface area contributed by atoms with E-state index >= 15 is 0 Å². The molecule has 1 atom stereocenters. The lowest BCUT2D eigenvalue weighted by Crippen LogP contribution is -2.38. The van der Waals surface area contributed by atoms with Crippen molar-refractivity contribution in [2.75, 3.05) is 0 Å². The van der Waals surface area contributed by atoms with Crippen LogP contribution >= 0.6 is 0 Å². The number of carbonyl (C=O) groups is 2. The Morgan fingerprint density at radius 1 is 1.33 bits per heavy atom. The van der Waals surface area contributed by atoms with Gasteiger partial charge in [0.05, 0.1) is 6.04 Å². The number of carboxylic acid groups (broad SMARTS) is 1. The van der Waals surface area contributed by atoms with Gasteiger partial charge >= 0.3 is 6.09 Å². The highest BCUT2D eigenvalue weighted by Gasteiger charge is 2.14. The minimum absolute atomic E-state index is 0.136. The fourth-order valence-electron chi connectivity index (χ4n) is 1.22. The summed E-state index contributed by atoms with van der Waals surface area (Å²) in [6.45, 7) is 1.54. The van der Waals surface area contributed by atoms with Crippen LogP contribution in [0.4, 0.5) is 4.79 Å². The Morgan fingerprint density at radius 2 is 1.93 bits per heavy atom. The summed E-state index contributed by atoms with van der Waals surface area (Å²) in [6.07, 6.45) is -0.925. The number of Topliss-reactive ketones (excluding diaryl/α,β-unsaturated/α-hetero) is 1. The van der Waals surface area contributed by atoms with Crippen molar-refractivity contribution in [3.8, 4) is 0 Å². The average molecular weight is 207 g/mol. The van der Waals surface area contributed by atoms with E-state index in [0.717, 1.165) is 5.56 Å². The van der Waals surface area contributed by atoms with Crippen molar-refractivity contribution >= 4 is 11.9 Å². The summed E-state index contributed by atoms with van der Waals surface area (Å²) in [5.74, 6) is -0.136. The molecule has 80 valence electrons. The Hall–Kier alpha value is -1.84. The lowest BCUT2D eigenvalue weighted by Gasteiger charge is -2.09. The van der Waals surface area contributed by atoms with Crippen molar-refractivity contribution in [1.82, 2.24) is 5.32 Å². The maximum absolute atomic E-state index is 11.5. The van der Waals surface area contributed by atoms with Gasteiger partial charge in [-0.15, -0.1) is 0 Å². The van der Waals surface area contributed by atoms with Gasteiger partial charge < -0.3 is 10.4 Å². The first-order valence-electron chi connectivity index (χ1n) is 4.65. The predicted molar refractivity (Wildman–Crippen MR) is 55.8 cm³/mol. The van der Waals surface area contributed by atoms with E-state index in [0.29, 0.717) is 0 Å². The first-order chi connectivity index (χ1) is 7.09. The van der Waals surface area contributed by atoms with Crippen LogP contribution in [0.25, 0.3) is 0 Å². The molecule has 0 aromatic heterocycles. The van der Waals surface area contributed by atoms with Crippen LogP contribution in [0.5, 0.6) is 0 Å². The van der Waals surface area contributed by atoms with E-state index in [9.17, 15) is 9.59 Å². The molecule has 1 rings (SSSR count). The minimum Gasteiger partial charge on any atom is -0.465 e. The van der Waals surface area contributed by atoms with Crippen molar-refractivity contribution in [3.05, 3.63) is 35.9 Å². The van der Waals surface area contributed by atoms with Crippen LogP contribution in [0.1, 0.15) is 12.5 Å². The third kappa shape index (κ3) is 3.81. The molecule has 1 aromatic rings. The molecule has 0 saturated carbocycles. The van der Waals surface area contributed by atoms with Crippen molar-refractivity contribution in [2.45, 2.75) is 19.4 Å². The summed E-state index contributed by atoms with van der Waals surface area (Å²) in [4.78, 5) is 21.8. The van der Waals surface area contributed by atoms with Gasteiger partial charge in [0.25, 0.3) is 0 Å². The van der Waals surface area contributed by atoms with Crippen LogP contribution in [0.3, 0.4) is 0 Å². The zero-order valence-electron chi connectivity index (χ0n) is 8.43. The highest BCUT2D eigenvalue weighted by Crippen LogP contribution is 2.01. The molecular weight excluding hydrogens is 194 g/mol. The fourth-order valence-corrected chi connectivity index (χ4v) is 1.22. The van der Waals surface area contributed by atoms with Gasteiger partial charge in [-0.2, -0.15) is 0 Å². The van der Waals surface area contributed by atoms with Gasteiger partial charge in [-0.25, -0.2) is 4.79 Å². The monoisotopic (exact) mass is 207 g/mol. The third-order valence-corrected chi connectivity index (χ3v) is 2.04. The fraction of sp³-hybridized carbons (Fsp3) is 0.273. The molecule has 0 fully saturated rings. The summed E-state index contributed by atoms with van der Waals surface area (Å²) in [6, 6.07) is 8.57. The molecule has 0 spiro atoms. The maximum atomic E-state index is 11.5. The molecular formula is C11H13NO3. The number of ketones is 1. The van der Waals surface area contributed by atoms with Crippen molar-refractivity contribution in [1.29, 1.82) is 0 Å². The van der Waals surface area contributed by atoms with Gasteiger partial charge in [0.2, 0.25) is 0 Å². The predicted octanol–water partition coefficient (Wildman–Crippen LogP) is 1.45. The van der Waals surface area contributed by atoms with Gasteiger partial charge in [-0.05, 0) is 12.5 Å². The lowest BCUT2D eigenvalue weighted by atomic mass is 10.1. The molecule has 1 amide bonds. The Balaban J connectivity index is 2.52. The van der Waals surface area contributed by atoms with Gasteiger partial charge in [-0.1, -0.05) is 30.3 Å². The molecule has 0 unspecified atom stereocenters. The summed E-state index contributed by atoms with van der Waals surface area (Å²) < 4.78 is 0. The Morgan fingerprint density at radius 3 is 2.47 bits per heavy atom. The zero-order chi connectivity index (χ0) is 11.3. The van der Waals surface area contributed by atoms with Gasteiger partial charge in [0, 0.05) is 6.42 Å². The highest BCUT2D eigenvalue weighted by atomic mass is 16.4. The van der Waals surface area contributed by atoms with E-state index in [4.69, 9.17) is 5.11 Å². The van der Waals surface area contributed by atoms with E-state index < -0.39 is 12.1 Å². The Bertz CT molecular complexity index is 348. The third-order valence-electron chi connectivity index (χ3n) is 2.04.